The van der Waals surface area contributed by atoms with Gasteiger partial charge in [-0.3, -0.25) is 13.7 Å². The number of ether oxygens (including phenoxy) is 5. The lowest BCUT2D eigenvalue weighted by Crippen LogP contribution is -2.65. The van der Waals surface area contributed by atoms with Crippen molar-refractivity contribution in [2.75, 3.05) is 26.6 Å². The van der Waals surface area contributed by atoms with Gasteiger partial charge in [-0.2, -0.15) is 25.3 Å². The highest BCUT2D eigenvalue weighted by Gasteiger charge is 2.55. The second-order valence-electron chi connectivity index (χ2n) is 7.94. The van der Waals surface area contributed by atoms with Crippen LogP contribution in [0.1, 0.15) is 0 Å². The molecule has 20 nitrogen and oxygen atoms in total. The van der Waals surface area contributed by atoms with E-state index < -0.39 is 110 Å². The minimum atomic E-state index is -5.39. The molecule has 2 rings (SSSR count). The zero-order chi connectivity index (χ0) is 29.2. The highest BCUT2D eigenvalue weighted by molar-refractivity contribution is 7.85. The van der Waals surface area contributed by atoms with Crippen molar-refractivity contribution in [2.24, 2.45) is 5.92 Å². The lowest BCUT2D eigenvalue weighted by atomic mass is 9.91. The Morgan fingerprint density at radius 1 is 0.816 bits per heavy atom. The van der Waals surface area contributed by atoms with Gasteiger partial charge in [0.15, 0.2) is 24.8 Å². The molecule has 0 aromatic rings. The van der Waals surface area contributed by atoms with Crippen LogP contribution in [0, 0.1) is 5.92 Å². The highest BCUT2D eigenvalue weighted by atomic mass is 32.3. The predicted octanol–water partition coefficient (Wildman–Crippen LogP) is -4.20. The molecule has 6 N–H and O–H groups in total. The third-order valence-corrected chi connectivity index (χ3v) is 7.08. The molecular weight excluding hydrogens is 596 g/mol. The highest BCUT2D eigenvalue weighted by Crippen LogP contribution is 2.34. The fraction of sp³-hybridized carbons (Fsp3) is 0.933. The number of aliphatic carboxylic acids is 1. The van der Waals surface area contributed by atoms with E-state index in [2.05, 4.69) is 8.37 Å². The van der Waals surface area contributed by atoms with Crippen molar-refractivity contribution in [3.05, 3.63) is 0 Å². The van der Waals surface area contributed by atoms with Gasteiger partial charge in [0, 0.05) is 14.2 Å². The minimum Gasteiger partial charge on any atom is -0.479 e. The molecule has 2 aliphatic heterocycles. The minimum absolute atomic E-state index is 0.922. The number of aliphatic hydroxyl groups is 2. The van der Waals surface area contributed by atoms with Crippen molar-refractivity contribution in [3.63, 3.8) is 0 Å². The van der Waals surface area contributed by atoms with Crippen LogP contribution >= 0.6 is 0 Å². The maximum absolute atomic E-state index is 11.7. The normalized spacial score (nSPS) is 37.1. The third kappa shape index (κ3) is 8.93. The summed E-state index contributed by atoms with van der Waals surface area (Å²) in [5, 5.41) is 30.8. The van der Waals surface area contributed by atoms with E-state index in [-0.39, 0.29) is 0 Å². The summed E-state index contributed by atoms with van der Waals surface area (Å²) < 4.78 is 129. The van der Waals surface area contributed by atoms with Crippen molar-refractivity contribution >= 4 is 36.9 Å². The van der Waals surface area contributed by atoms with E-state index in [0.29, 0.717) is 0 Å². The van der Waals surface area contributed by atoms with Gasteiger partial charge in [-0.1, -0.05) is 0 Å². The summed E-state index contributed by atoms with van der Waals surface area (Å²) in [7, 11) is -13.5. The Kier molecular flexibility index (Phi) is 10.9. The fourth-order valence-corrected chi connectivity index (χ4v) is 5.51. The van der Waals surface area contributed by atoms with Gasteiger partial charge in [0.2, 0.25) is 0 Å². The average Bonchev–Trinajstić information content (AvgIpc) is 2.75. The van der Waals surface area contributed by atoms with Gasteiger partial charge in [-0.05, 0) is 0 Å². The molecule has 224 valence electrons. The number of aliphatic hydroxyl groups excluding tert-OH is 2. The van der Waals surface area contributed by atoms with Crippen LogP contribution in [0.15, 0.2) is 0 Å². The maximum atomic E-state index is 11.7. The molecule has 0 spiro atoms. The van der Waals surface area contributed by atoms with Crippen molar-refractivity contribution in [2.45, 2.75) is 55.3 Å². The molecule has 0 amide bonds. The number of rotatable bonds is 12. The molecule has 38 heavy (non-hydrogen) atoms. The first-order chi connectivity index (χ1) is 17.3. The molecule has 0 aromatic carbocycles. The van der Waals surface area contributed by atoms with Crippen LogP contribution in [0.5, 0.6) is 0 Å². The summed E-state index contributed by atoms with van der Waals surface area (Å²) in [6.45, 7) is -1.15. The number of carboxylic acids is 1. The van der Waals surface area contributed by atoms with E-state index >= 15 is 0 Å². The van der Waals surface area contributed by atoms with Gasteiger partial charge in [-0.15, -0.1) is 0 Å². The Bertz CT molecular complexity index is 1130. The van der Waals surface area contributed by atoms with E-state index in [1.807, 2.05) is 0 Å². The topological polar surface area (TPSA) is 305 Å². The molecule has 0 radical (unpaired) electrons. The van der Waals surface area contributed by atoms with E-state index in [1.165, 1.54) is 0 Å². The first-order valence-corrected chi connectivity index (χ1v) is 14.5. The van der Waals surface area contributed by atoms with E-state index in [0.717, 1.165) is 14.2 Å². The summed E-state index contributed by atoms with van der Waals surface area (Å²) >= 11 is 0. The summed E-state index contributed by atoms with van der Waals surface area (Å²) in [4.78, 5) is 11.7. The predicted molar refractivity (Wildman–Crippen MR) is 113 cm³/mol. The Morgan fingerprint density at radius 3 is 1.87 bits per heavy atom. The fourth-order valence-electron chi connectivity index (χ4n) is 3.88. The second kappa shape index (κ2) is 12.6. The second-order valence-corrected chi connectivity index (χ2v) is 11.6. The van der Waals surface area contributed by atoms with E-state index in [4.69, 9.17) is 32.8 Å². The number of methoxy groups -OCH3 is 2. The monoisotopic (exact) mass is 622 g/mol. The van der Waals surface area contributed by atoms with Crippen molar-refractivity contribution in [1.29, 1.82) is 0 Å². The van der Waals surface area contributed by atoms with Gasteiger partial charge < -0.3 is 39.0 Å². The first-order valence-electron chi connectivity index (χ1n) is 10.1. The van der Waals surface area contributed by atoms with Crippen molar-refractivity contribution < 1.29 is 91.1 Å². The summed E-state index contributed by atoms with van der Waals surface area (Å²) in [6, 6.07) is 0. The van der Waals surface area contributed by atoms with Crippen molar-refractivity contribution in [1.82, 2.24) is 0 Å². The SMILES string of the molecule is CO[C@H]1OC(COS(=O)(=O)O)[C@H](O[C@@H]2OC(C(=O)O)[C@@H](OC)[C@@H](O)C2OS(=O)(=O)O)[C@@H](O)C1CS(=O)(=O)O. The van der Waals surface area contributed by atoms with Crippen LogP contribution in [0.3, 0.4) is 0 Å². The molecule has 2 saturated heterocycles. The number of hydrogen-bond donors (Lipinski definition) is 6. The summed E-state index contributed by atoms with van der Waals surface area (Å²) in [6.07, 6.45) is -18.3. The molecule has 0 saturated carbocycles. The smallest absolute Gasteiger partial charge is 0.397 e. The Balaban J connectivity index is 2.52. The average molecular weight is 623 g/mol. The zero-order valence-electron chi connectivity index (χ0n) is 19.3. The van der Waals surface area contributed by atoms with Crippen LogP contribution < -0.4 is 0 Å². The maximum Gasteiger partial charge on any atom is 0.397 e. The molecule has 2 fully saturated rings. The molecule has 2 aliphatic rings. The lowest BCUT2D eigenvalue weighted by molar-refractivity contribution is -0.344. The molecule has 4 unspecified atom stereocenters. The lowest BCUT2D eigenvalue weighted by Gasteiger charge is -2.47. The van der Waals surface area contributed by atoms with Crippen LogP contribution in [0.2, 0.25) is 0 Å². The van der Waals surface area contributed by atoms with Crippen LogP contribution in [-0.4, -0.2) is 142 Å². The quantitative estimate of drug-likeness (QED) is 0.112. The number of hydrogen-bond acceptors (Lipinski definition) is 16. The van der Waals surface area contributed by atoms with Gasteiger partial charge >= 0.3 is 26.8 Å². The standard InChI is InChI=1S/C15H26O20S3/c1-29-10-8(17)11(35-38(26,27)28)15(34-12(10)13(18)19)33-9-6(3-31-37(23,24)25)32-14(30-2)5(7(9)16)4-36(20,21)22/h5-12,14-17H,3-4H2,1-2H3,(H,18,19)(H,20,21,22)(H,23,24,25)(H,26,27,28)/t5?,6?,7-,8+,9-,10-,11?,12?,14-,15+/m0/s1. The van der Waals surface area contributed by atoms with Crippen LogP contribution in [0.25, 0.3) is 0 Å². The number of carbonyl (C=O) groups is 1. The molecule has 0 aromatic heterocycles. The molecule has 2 heterocycles. The van der Waals surface area contributed by atoms with Crippen LogP contribution in [-0.2, 0) is 67.8 Å². The van der Waals surface area contributed by atoms with Gasteiger partial charge in [0.1, 0.15) is 24.4 Å². The zero-order valence-corrected chi connectivity index (χ0v) is 21.8. The molecular formula is C15H26O20S3. The third-order valence-electron chi connectivity index (χ3n) is 5.38. The summed E-state index contributed by atoms with van der Waals surface area (Å²) in [5.41, 5.74) is 0. The largest absolute Gasteiger partial charge is 0.479 e. The molecule has 23 heteroatoms. The molecule has 10 atom stereocenters. The van der Waals surface area contributed by atoms with Crippen LogP contribution in [0.4, 0.5) is 0 Å². The Morgan fingerprint density at radius 2 is 1.42 bits per heavy atom. The van der Waals surface area contributed by atoms with Gasteiger partial charge in [0.05, 0.1) is 24.4 Å². The Labute approximate surface area is 215 Å². The van der Waals surface area contributed by atoms with Crippen molar-refractivity contribution in [3.8, 4) is 0 Å². The molecule has 0 bridgehead atoms. The first kappa shape index (κ1) is 33.0. The van der Waals surface area contributed by atoms with Gasteiger partial charge in [-0.25, -0.2) is 13.2 Å². The van der Waals surface area contributed by atoms with E-state index in [1.54, 1.807) is 0 Å². The Hall–Kier alpha value is -1.16. The molecule has 0 aliphatic carbocycles. The summed E-state index contributed by atoms with van der Waals surface area (Å²) in [5.74, 6) is -4.66. The van der Waals surface area contributed by atoms with E-state index in [9.17, 15) is 49.9 Å². The van der Waals surface area contributed by atoms with Gasteiger partial charge in [0.25, 0.3) is 10.1 Å². The number of carboxylic acid groups (broad SMARTS) is 1.